The SMILES string of the molecule is CCOP(=O)(OCC)N(c1ccccc1)P(=O)(OCC)OCC. The van der Waals surface area contributed by atoms with Crippen LogP contribution >= 0.6 is 15.5 Å². The lowest BCUT2D eigenvalue weighted by atomic mass is 10.3. The molecule has 0 aliphatic rings. The van der Waals surface area contributed by atoms with Gasteiger partial charge in [-0.15, -0.1) is 0 Å². The van der Waals surface area contributed by atoms with E-state index in [9.17, 15) is 9.13 Å². The molecule has 0 saturated carbocycles. The first kappa shape index (κ1) is 20.4. The molecule has 0 atom stereocenters. The van der Waals surface area contributed by atoms with Crippen LogP contribution in [0, 0.1) is 0 Å². The average molecular weight is 365 g/mol. The predicted octanol–water partition coefficient (Wildman–Crippen LogP) is 4.86. The van der Waals surface area contributed by atoms with Crippen LogP contribution in [0.3, 0.4) is 0 Å². The third kappa shape index (κ3) is 5.15. The molecule has 0 N–H and O–H groups in total. The van der Waals surface area contributed by atoms with E-state index in [2.05, 4.69) is 0 Å². The molecule has 0 amide bonds. The summed E-state index contributed by atoms with van der Waals surface area (Å²) in [7, 11) is -7.82. The van der Waals surface area contributed by atoms with Crippen molar-refractivity contribution in [2.75, 3.05) is 30.9 Å². The first-order valence-corrected chi connectivity index (χ1v) is 10.6. The molecule has 0 radical (unpaired) electrons. The van der Waals surface area contributed by atoms with Crippen LogP contribution in [0.4, 0.5) is 5.69 Å². The fourth-order valence-corrected chi connectivity index (χ4v) is 6.34. The van der Waals surface area contributed by atoms with Gasteiger partial charge in [0.25, 0.3) is 0 Å². The molecular weight excluding hydrogens is 340 g/mol. The average Bonchev–Trinajstić information content (AvgIpc) is 2.49. The molecule has 0 unspecified atom stereocenters. The van der Waals surface area contributed by atoms with Gasteiger partial charge in [-0.05, 0) is 39.8 Å². The molecule has 7 nitrogen and oxygen atoms in total. The van der Waals surface area contributed by atoms with E-state index < -0.39 is 15.5 Å². The van der Waals surface area contributed by atoms with Crippen LogP contribution in [-0.4, -0.2) is 26.4 Å². The van der Waals surface area contributed by atoms with Gasteiger partial charge in [-0.1, -0.05) is 18.2 Å². The highest BCUT2D eigenvalue weighted by atomic mass is 31.3. The molecule has 1 aromatic rings. The Balaban J connectivity index is 3.47. The molecule has 0 spiro atoms. The summed E-state index contributed by atoms with van der Waals surface area (Å²) in [5.41, 5.74) is 0.378. The number of benzene rings is 1. The summed E-state index contributed by atoms with van der Waals surface area (Å²) in [6, 6.07) is 8.55. The molecule has 1 rings (SSSR count). The number of hydrogen-bond donors (Lipinski definition) is 0. The van der Waals surface area contributed by atoms with E-state index in [1.165, 1.54) is 0 Å². The standard InChI is InChI=1S/C14H25NO6P2/c1-5-18-22(16,19-6-2)15(14-12-10-9-11-13-14)23(17,20-7-3)21-8-4/h9-13H,5-8H2,1-4H3. The van der Waals surface area contributed by atoms with Crippen LogP contribution in [0.25, 0.3) is 0 Å². The van der Waals surface area contributed by atoms with Crippen molar-refractivity contribution in [3.63, 3.8) is 0 Å². The summed E-state index contributed by atoms with van der Waals surface area (Å²) in [5, 5.41) is 0. The zero-order chi connectivity index (χ0) is 17.3. The Kier molecular flexibility index (Phi) is 8.48. The molecule has 0 saturated heterocycles. The van der Waals surface area contributed by atoms with Crippen molar-refractivity contribution >= 4 is 21.2 Å². The van der Waals surface area contributed by atoms with Crippen molar-refractivity contribution in [1.82, 2.24) is 0 Å². The first-order chi connectivity index (χ1) is 11.0. The third-order valence-electron chi connectivity index (χ3n) is 2.62. The zero-order valence-corrected chi connectivity index (χ0v) is 15.8. The summed E-state index contributed by atoms with van der Waals surface area (Å²) in [6.07, 6.45) is 0. The monoisotopic (exact) mass is 365 g/mol. The molecule has 0 fully saturated rings. The molecule has 0 bridgehead atoms. The van der Waals surface area contributed by atoms with Crippen molar-refractivity contribution in [3.8, 4) is 0 Å². The van der Waals surface area contributed by atoms with Crippen LogP contribution in [0.2, 0.25) is 0 Å². The van der Waals surface area contributed by atoms with Gasteiger partial charge in [0.05, 0.1) is 32.1 Å². The molecule has 0 aliphatic heterocycles. The Labute approximate surface area is 138 Å². The van der Waals surface area contributed by atoms with Gasteiger partial charge >= 0.3 is 15.5 Å². The number of rotatable bonds is 11. The van der Waals surface area contributed by atoms with Gasteiger partial charge in [0.1, 0.15) is 0 Å². The fraction of sp³-hybridized carbons (Fsp3) is 0.571. The molecular formula is C14H25NO6P2. The Morgan fingerprint density at radius 1 is 0.739 bits per heavy atom. The van der Waals surface area contributed by atoms with Crippen LogP contribution in [0.15, 0.2) is 30.3 Å². The highest BCUT2D eigenvalue weighted by Crippen LogP contribution is 2.69. The maximum atomic E-state index is 13.3. The minimum absolute atomic E-state index is 0.124. The topological polar surface area (TPSA) is 74.3 Å². The quantitative estimate of drug-likeness (QED) is 0.519. The molecule has 132 valence electrons. The molecule has 9 heteroatoms. The van der Waals surface area contributed by atoms with Gasteiger partial charge in [-0.25, -0.2) is 9.13 Å². The molecule has 0 heterocycles. The van der Waals surface area contributed by atoms with Crippen molar-refractivity contribution < 1.29 is 27.2 Å². The predicted molar refractivity (Wildman–Crippen MR) is 90.6 cm³/mol. The van der Waals surface area contributed by atoms with Gasteiger partial charge in [0.15, 0.2) is 0 Å². The first-order valence-electron chi connectivity index (χ1n) is 7.61. The second-order valence-electron chi connectivity index (χ2n) is 4.23. The van der Waals surface area contributed by atoms with E-state index in [0.29, 0.717) is 5.69 Å². The number of nitrogens with zero attached hydrogens (tertiary/aromatic N) is 1. The van der Waals surface area contributed by atoms with E-state index in [1.54, 1.807) is 58.0 Å². The highest BCUT2D eigenvalue weighted by molar-refractivity contribution is 7.74. The van der Waals surface area contributed by atoms with Crippen molar-refractivity contribution in [3.05, 3.63) is 30.3 Å². The molecule has 0 aliphatic carbocycles. The lowest BCUT2D eigenvalue weighted by Crippen LogP contribution is -2.23. The second-order valence-corrected chi connectivity index (χ2v) is 8.26. The molecule has 23 heavy (non-hydrogen) atoms. The van der Waals surface area contributed by atoms with Crippen LogP contribution < -0.4 is 4.44 Å². The van der Waals surface area contributed by atoms with E-state index >= 15 is 0 Å². The van der Waals surface area contributed by atoms with Crippen molar-refractivity contribution in [1.29, 1.82) is 0 Å². The van der Waals surface area contributed by atoms with Crippen molar-refractivity contribution in [2.24, 2.45) is 0 Å². The molecule has 1 aromatic carbocycles. The highest BCUT2D eigenvalue weighted by Gasteiger charge is 2.48. The summed E-state index contributed by atoms with van der Waals surface area (Å²) < 4.78 is 49.0. The summed E-state index contributed by atoms with van der Waals surface area (Å²) in [5.74, 6) is 0. The van der Waals surface area contributed by atoms with Gasteiger partial charge in [-0.3, -0.25) is 18.1 Å². The normalized spacial score (nSPS) is 12.3. The number of hydrogen-bond acceptors (Lipinski definition) is 6. The smallest absolute Gasteiger partial charge is 0.292 e. The third-order valence-corrected chi connectivity index (χ3v) is 7.66. The maximum absolute atomic E-state index is 13.3. The zero-order valence-electron chi connectivity index (χ0n) is 14.0. The van der Waals surface area contributed by atoms with Gasteiger partial charge in [0.2, 0.25) is 0 Å². The molecule has 0 aromatic heterocycles. The number of anilines is 1. The van der Waals surface area contributed by atoms with Crippen molar-refractivity contribution in [2.45, 2.75) is 27.7 Å². The number of para-hydroxylation sites is 1. The Morgan fingerprint density at radius 3 is 1.39 bits per heavy atom. The van der Waals surface area contributed by atoms with Gasteiger partial charge in [-0.2, -0.15) is 4.44 Å². The van der Waals surface area contributed by atoms with E-state index in [-0.39, 0.29) is 26.4 Å². The Bertz CT molecular complexity index is 503. The Morgan fingerprint density at radius 2 is 1.09 bits per heavy atom. The van der Waals surface area contributed by atoms with Crippen LogP contribution in [0.1, 0.15) is 27.7 Å². The second kappa shape index (κ2) is 9.58. The minimum atomic E-state index is -3.91. The van der Waals surface area contributed by atoms with Crippen LogP contribution in [-0.2, 0) is 27.2 Å². The van der Waals surface area contributed by atoms with Gasteiger partial charge in [0, 0.05) is 0 Å². The van der Waals surface area contributed by atoms with Crippen LogP contribution in [0.5, 0.6) is 0 Å². The van der Waals surface area contributed by atoms with E-state index in [0.717, 1.165) is 4.44 Å². The minimum Gasteiger partial charge on any atom is -0.292 e. The van der Waals surface area contributed by atoms with E-state index in [4.69, 9.17) is 18.1 Å². The van der Waals surface area contributed by atoms with E-state index in [1.807, 2.05) is 0 Å². The summed E-state index contributed by atoms with van der Waals surface area (Å²) >= 11 is 0. The van der Waals surface area contributed by atoms with Gasteiger partial charge < -0.3 is 0 Å². The Hall–Kier alpha value is -0.680. The maximum Gasteiger partial charge on any atom is 0.444 e. The largest absolute Gasteiger partial charge is 0.444 e. The lowest BCUT2D eigenvalue weighted by Gasteiger charge is -2.35. The fourth-order valence-electron chi connectivity index (χ4n) is 1.92. The lowest BCUT2D eigenvalue weighted by molar-refractivity contribution is 0.202. The summed E-state index contributed by atoms with van der Waals surface area (Å²) in [6.45, 7) is 7.22. The summed E-state index contributed by atoms with van der Waals surface area (Å²) in [4.78, 5) is 0.